The zero-order chi connectivity index (χ0) is 16.8. The zero-order valence-corrected chi connectivity index (χ0v) is 13.8. The van der Waals surface area contributed by atoms with Gasteiger partial charge in [-0.15, -0.1) is 0 Å². The van der Waals surface area contributed by atoms with Crippen LogP contribution in [0, 0.1) is 16.7 Å². The fraction of sp³-hybridized carbons (Fsp3) is 0.474. The van der Waals surface area contributed by atoms with Crippen LogP contribution in [-0.4, -0.2) is 19.0 Å². The third-order valence-corrected chi connectivity index (χ3v) is 5.77. The first-order chi connectivity index (χ1) is 10.8. The summed E-state index contributed by atoms with van der Waals surface area (Å²) in [5.41, 5.74) is 0.872. The predicted molar refractivity (Wildman–Crippen MR) is 86.1 cm³/mol. The number of rotatable bonds is 3. The van der Waals surface area contributed by atoms with E-state index in [0.717, 1.165) is 24.8 Å². The van der Waals surface area contributed by atoms with Gasteiger partial charge in [-0.25, -0.2) is 4.79 Å². The molecule has 2 atom stereocenters. The van der Waals surface area contributed by atoms with Crippen LogP contribution < -0.4 is 4.74 Å². The van der Waals surface area contributed by atoms with Crippen LogP contribution >= 0.6 is 0 Å². The smallest absolute Gasteiger partial charge is 0.337 e. The molecule has 23 heavy (non-hydrogen) atoms. The van der Waals surface area contributed by atoms with E-state index in [9.17, 15) is 9.59 Å². The fourth-order valence-electron chi connectivity index (χ4n) is 4.09. The summed E-state index contributed by atoms with van der Waals surface area (Å²) in [7, 11) is 1.33. The molecule has 1 aromatic carbocycles. The lowest BCUT2D eigenvalue weighted by molar-refractivity contribution is -0.143. The lowest BCUT2D eigenvalue weighted by Gasteiger charge is -2.36. The third-order valence-electron chi connectivity index (χ3n) is 5.77. The van der Waals surface area contributed by atoms with E-state index in [1.54, 1.807) is 24.3 Å². The van der Waals surface area contributed by atoms with Crippen molar-refractivity contribution in [2.45, 2.75) is 33.1 Å². The van der Waals surface area contributed by atoms with Crippen molar-refractivity contribution in [3.63, 3.8) is 0 Å². The summed E-state index contributed by atoms with van der Waals surface area (Å²) in [6, 6.07) is 6.43. The van der Waals surface area contributed by atoms with Crippen molar-refractivity contribution in [2.75, 3.05) is 7.11 Å². The quantitative estimate of drug-likeness (QED) is 0.484. The maximum absolute atomic E-state index is 12.8. The summed E-state index contributed by atoms with van der Waals surface area (Å²) >= 11 is 0. The van der Waals surface area contributed by atoms with Crippen LogP contribution in [0.15, 0.2) is 36.4 Å². The van der Waals surface area contributed by atoms with Crippen LogP contribution in [-0.2, 0) is 9.53 Å². The molecule has 2 bridgehead atoms. The normalized spacial score (nSPS) is 27.8. The second-order valence-corrected chi connectivity index (χ2v) is 7.13. The number of hydrogen-bond acceptors (Lipinski definition) is 4. The Bertz CT molecular complexity index is 671. The highest BCUT2D eigenvalue weighted by atomic mass is 16.5. The molecule has 4 nitrogen and oxygen atoms in total. The van der Waals surface area contributed by atoms with E-state index in [4.69, 9.17) is 4.74 Å². The van der Waals surface area contributed by atoms with Crippen molar-refractivity contribution >= 4 is 11.9 Å². The summed E-state index contributed by atoms with van der Waals surface area (Å²) in [6.07, 6.45) is 2.69. The summed E-state index contributed by atoms with van der Waals surface area (Å²) in [5.74, 6) is 0.314. The number of fused-ring (bicyclic) bond motifs is 2. The van der Waals surface area contributed by atoms with Gasteiger partial charge < -0.3 is 9.47 Å². The molecular formula is C19H22O4. The Kier molecular flexibility index (Phi) is 3.58. The first-order valence-electron chi connectivity index (χ1n) is 7.92. The summed E-state index contributed by atoms with van der Waals surface area (Å²) in [5, 5.41) is 0. The Morgan fingerprint density at radius 3 is 2.39 bits per heavy atom. The van der Waals surface area contributed by atoms with E-state index in [1.165, 1.54) is 7.11 Å². The number of carbonyl (C=O) groups is 2. The molecule has 3 rings (SSSR count). The first kappa shape index (κ1) is 15.8. The molecule has 0 spiro atoms. The topological polar surface area (TPSA) is 52.6 Å². The van der Waals surface area contributed by atoms with Gasteiger partial charge in [-0.2, -0.15) is 0 Å². The summed E-state index contributed by atoms with van der Waals surface area (Å²) in [4.78, 5) is 24.2. The number of esters is 2. The maximum Gasteiger partial charge on any atom is 0.337 e. The average Bonchev–Trinajstić information content (AvgIpc) is 3.07. The molecule has 4 heteroatoms. The van der Waals surface area contributed by atoms with E-state index < -0.39 is 11.4 Å². The molecule has 2 aliphatic carbocycles. The van der Waals surface area contributed by atoms with Crippen molar-refractivity contribution in [3.8, 4) is 5.75 Å². The first-order valence-corrected chi connectivity index (χ1v) is 7.92. The number of benzene rings is 1. The van der Waals surface area contributed by atoms with E-state index in [2.05, 4.69) is 25.2 Å². The van der Waals surface area contributed by atoms with Gasteiger partial charge in [-0.1, -0.05) is 26.0 Å². The molecule has 2 saturated carbocycles. The number of methoxy groups -OCH3 is 1. The Labute approximate surface area is 136 Å². The maximum atomic E-state index is 12.8. The molecule has 122 valence electrons. The van der Waals surface area contributed by atoms with E-state index >= 15 is 0 Å². The highest BCUT2D eigenvalue weighted by molar-refractivity contribution is 5.89. The van der Waals surface area contributed by atoms with Crippen molar-refractivity contribution in [1.82, 2.24) is 0 Å². The van der Waals surface area contributed by atoms with Crippen LogP contribution in [0.2, 0.25) is 0 Å². The minimum Gasteiger partial charge on any atom is -0.465 e. The molecule has 2 aliphatic rings. The van der Waals surface area contributed by atoms with Gasteiger partial charge >= 0.3 is 11.9 Å². The monoisotopic (exact) mass is 314 g/mol. The largest absolute Gasteiger partial charge is 0.465 e. The second-order valence-electron chi connectivity index (χ2n) is 7.13. The van der Waals surface area contributed by atoms with Gasteiger partial charge in [-0.05, 0) is 54.9 Å². The van der Waals surface area contributed by atoms with E-state index in [-0.39, 0.29) is 11.4 Å². The third kappa shape index (κ3) is 2.28. The minimum absolute atomic E-state index is 0.00793. The van der Waals surface area contributed by atoms with Crippen LogP contribution in [0.3, 0.4) is 0 Å². The summed E-state index contributed by atoms with van der Waals surface area (Å²) in [6.45, 7) is 8.54. The van der Waals surface area contributed by atoms with Crippen LogP contribution in [0.5, 0.6) is 5.75 Å². The van der Waals surface area contributed by atoms with Gasteiger partial charge in [-0.3, -0.25) is 4.79 Å². The Morgan fingerprint density at radius 2 is 1.87 bits per heavy atom. The molecule has 1 aromatic rings. The van der Waals surface area contributed by atoms with Gasteiger partial charge in [0.15, 0.2) is 0 Å². The highest BCUT2D eigenvalue weighted by Crippen LogP contribution is 2.65. The van der Waals surface area contributed by atoms with Crippen LogP contribution in [0.4, 0.5) is 0 Å². The van der Waals surface area contributed by atoms with E-state index in [0.29, 0.717) is 17.2 Å². The van der Waals surface area contributed by atoms with Gasteiger partial charge in [0, 0.05) is 0 Å². The molecule has 2 fully saturated rings. The van der Waals surface area contributed by atoms with Gasteiger partial charge in [0.05, 0.1) is 18.1 Å². The number of hydrogen-bond donors (Lipinski definition) is 0. The zero-order valence-electron chi connectivity index (χ0n) is 13.8. The van der Waals surface area contributed by atoms with Gasteiger partial charge in [0.1, 0.15) is 5.75 Å². The lowest BCUT2D eigenvalue weighted by Crippen LogP contribution is -2.36. The van der Waals surface area contributed by atoms with Crippen LogP contribution in [0.25, 0.3) is 0 Å². The van der Waals surface area contributed by atoms with Gasteiger partial charge in [0.2, 0.25) is 0 Å². The van der Waals surface area contributed by atoms with Gasteiger partial charge in [0.25, 0.3) is 0 Å². The van der Waals surface area contributed by atoms with Crippen LogP contribution in [0.1, 0.15) is 43.5 Å². The second kappa shape index (κ2) is 5.22. The average molecular weight is 314 g/mol. The highest BCUT2D eigenvalue weighted by Gasteiger charge is 2.61. The molecule has 0 radical (unpaired) electrons. The lowest BCUT2D eigenvalue weighted by atomic mass is 9.68. The Morgan fingerprint density at radius 1 is 1.22 bits per heavy atom. The van der Waals surface area contributed by atoms with Crippen molar-refractivity contribution in [2.24, 2.45) is 16.7 Å². The molecule has 0 N–H and O–H groups in total. The Hall–Kier alpha value is -2.10. The molecule has 0 unspecified atom stereocenters. The molecule has 0 heterocycles. The predicted octanol–water partition coefficient (Wildman–Crippen LogP) is 3.76. The molecular weight excluding hydrogens is 292 g/mol. The standard InChI is InChI=1S/C19H22O4/c1-12-18(2,3)14-9-10-19(12,11-14)17(21)23-15-7-5-13(6-8-15)16(20)22-4/h5-8,14H,1,9-11H2,2-4H3/t14-,19+/m0/s1. The van der Waals surface area contributed by atoms with E-state index in [1.807, 2.05) is 0 Å². The molecule has 0 aliphatic heterocycles. The number of carbonyl (C=O) groups excluding carboxylic acids is 2. The molecule has 0 saturated heterocycles. The molecule has 0 aromatic heterocycles. The fourth-order valence-corrected chi connectivity index (χ4v) is 4.09. The Balaban J connectivity index is 1.78. The van der Waals surface area contributed by atoms with Crippen molar-refractivity contribution in [3.05, 3.63) is 42.0 Å². The minimum atomic E-state index is -0.546. The molecule has 0 amide bonds. The van der Waals surface area contributed by atoms with Crippen molar-refractivity contribution < 1.29 is 19.1 Å². The van der Waals surface area contributed by atoms with Crippen molar-refractivity contribution in [1.29, 1.82) is 0 Å². The number of ether oxygens (including phenoxy) is 2. The summed E-state index contributed by atoms with van der Waals surface area (Å²) < 4.78 is 10.3. The SMILES string of the molecule is C=C1C(C)(C)[C@H]2CC[C@@]1(C(=O)Oc1ccc(C(=O)OC)cc1)C2.